The highest BCUT2D eigenvalue weighted by Crippen LogP contribution is 2.19. The Bertz CT molecular complexity index is 165. The molecule has 0 saturated carbocycles. The number of hydrogen-bond acceptors (Lipinski definition) is 2. The topological polar surface area (TPSA) is 6.48 Å². The summed E-state index contributed by atoms with van der Waals surface area (Å²) in [6, 6.07) is 2.76. The number of hydrogen-bond donors (Lipinski definition) is 0. The average molecular weight is 198 g/mol. The number of piperazine rings is 1. The van der Waals surface area contributed by atoms with E-state index in [-0.39, 0.29) is 0 Å². The molecule has 0 aromatic heterocycles. The predicted molar refractivity (Wildman–Crippen MR) is 62.6 cm³/mol. The Balaban J connectivity index is 2.63. The summed E-state index contributed by atoms with van der Waals surface area (Å²) in [5.41, 5.74) is 0. The second-order valence-electron chi connectivity index (χ2n) is 5.29. The predicted octanol–water partition coefficient (Wildman–Crippen LogP) is 2.20. The summed E-state index contributed by atoms with van der Waals surface area (Å²) in [4.78, 5) is 5.23. The summed E-state index contributed by atoms with van der Waals surface area (Å²) in [6.45, 7) is 16.3. The maximum absolute atomic E-state index is 2.64. The Kier molecular flexibility index (Phi) is 3.96. The molecule has 0 spiro atoms. The van der Waals surface area contributed by atoms with Crippen molar-refractivity contribution in [2.75, 3.05) is 13.1 Å². The molecule has 0 N–H and O–H groups in total. The third-order valence-electron chi connectivity index (χ3n) is 3.34. The summed E-state index contributed by atoms with van der Waals surface area (Å²) in [7, 11) is 0. The van der Waals surface area contributed by atoms with Gasteiger partial charge in [-0.05, 0) is 41.5 Å². The Hall–Kier alpha value is -0.0800. The lowest BCUT2D eigenvalue weighted by molar-refractivity contribution is 0.00391. The van der Waals surface area contributed by atoms with Crippen molar-refractivity contribution in [3.8, 4) is 0 Å². The minimum atomic E-state index is 0.675. The van der Waals surface area contributed by atoms with Crippen molar-refractivity contribution in [2.45, 2.75) is 65.7 Å². The molecule has 0 aromatic rings. The van der Waals surface area contributed by atoms with Crippen LogP contribution in [0.2, 0.25) is 0 Å². The van der Waals surface area contributed by atoms with Crippen molar-refractivity contribution >= 4 is 0 Å². The molecule has 0 bridgehead atoms. The van der Waals surface area contributed by atoms with Crippen LogP contribution in [0.25, 0.3) is 0 Å². The molecular weight excluding hydrogens is 172 g/mol. The highest BCUT2D eigenvalue weighted by molar-refractivity contribution is 4.87. The SMILES string of the molecule is CC(C)N1C[C@@H](C)N(C(C)C)[C@H](C)C1. The summed E-state index contributed by atoms with van der Waals surface area (Å²) in [5.74, 6) is 0. The van der Waals surface area contributed by atoms with E-state index in [9.17, 15) is 0 Å². The lowest BCUT2D eigenvalue weighted by atomic mass is 10.0. The van der Waals surface area contributed by atoms with Gasteiger partial charge >= 0.3 is 0 Å². The van der Waals surface area contributed by atoms with Crippen molar-refractivity contribution in [3.63, 3.8) is 0 Å². The van der Waals surface area contributed by atoms with Crippen LogP contribution in [0.15, 0.2) is 0 Å². The second kappa shape index (κ2) is 4.63. The lowest BCUT2D eigenvalue weighted by Gasteiger charge is -2.48. The van der Waals surface area contributed by atoms with Gasteiger partial charge < -0.3 is 0 Å². The molecule has 1 rings (SSSR count). The van der Waals surface area contributed by atoms with E-state index < -0.39 is 0 Å². The van der Waals surface area contributed by atoms with Crippen molar-refractivity contribution in [1.29, 1.82) is 0 Å². The molecule has 0 amide bonds. The molecule has 1 saturated heterocycles. The highest BCUT2D eigenvalue weighted by Gasteiger charge is 2.31. The molecule has 2 atom stereocenters. The molecule has 1 heterocycles. The fourth-order valence-corrected chi connectivity index (χ4v) is 2.82. The van der Waals surface area contributed by atoms with Crippen LogP contribution in [-0.4, -0.2) is 47.1 Å². The molecule has 0 unspecified atom stereocenters. The molecule has 1 aliphatic rings. The average Bonchev–Trinajstić information content (AvgIpc) is 2.01. The molecule has 2 nitrogen and oxygen atoms in total. The third-order valence-corrected chi connectivity index (χ3v) is 3.34. The fraction of sp³-hybridized carbons (Fsp3) is 1.00. The molecule has 1 fully saturated rings. The molecule has 0 radical (unpaired) electrons. The van der Waals surface area contributed by atoms with Crippen molar-refractivity contribution in [2.24, 2.45) is 0 Å². The molecule has 84 valence electrons. The van der Waals surface area contributed by atoms with Crippen molar-refractivity contribution in [3.05, 3.63) is 0 Å². The van der Waals surface area contributed by atoms with Gasteiger partial charge in [0, 0.05) is 37.3 Å². The van der Waals surface area contributed by atoms with E-state index in [1.54, 1.807) is 0 Å². The quantitative estimate of drug-likeness (QED) is 0.671. The van der Waals surface area contributed by atoms with Gasteiger partial charge in [-0.15, -0.1) is 0 Å². The first kappa shape index (κ1) is 12.0. The first-order valence-corrected chi connectivity index (χ1v) is 5.95. The zero-order valence-electron chi connectivity index (χ0n) is 10.6. The van der Waals surface area contributed by atoms with Crippen LogP contribution < -0.4 is 0 Å². The smallest absolute Gasteiger partial charge is 0.0201 e. The van der Waals surface area contributed by atoms with Crippen LogP contribution in [0.3, 0.4) is 0 Å². The van der Waals surface area contributed by atoms with Crippen LogP contribution in [0.5, 0.6) is 0 Å². The van der Waals surface area contributed by atoms with Gasteiger partial charge in [0.25, 0.3) is 0 Å². The van der Waals surface area contributed by atoms with E-state index in [2.05, 4.69) is 51.3 Å². The molecule has 14 heavy (non-hydrogen) atoms. The van der Waals surface area contributed by atoms with Gasteiger partial charge in [0.1, 0.15) is 0 Å². The summed E-state index contributed by atoms with van der Waals surface area (Å²) >= 11 is 0. The van der Waals surface area contributed by atoms with E-state index in [1.807, 2.05) is 0 Å². The van der Waals surface area contributed by atoms with Gasteiger partial charge in [0.05, 0.1) is 0 Å². The van der Waals surface area contributed by atoms with Gasteiger partial charge in [0.15, 0.2) is 0 Å². The second-order valence-corrected chi connectivity index (χ2v) is 5.29. The molecular formula is C12H26N2. The van der Waals surface area contributed by atoms with Crippen LogP contribution in [0, 0.1) is 0 Å². The maximum Gasteiger partial charge on any atom is 0.0201 e. The third kappa shape index (κ3) is 2.48. The zero-order chi connectivity index (χ0) is 10.9. The van der Waals surface area contributed by atoms with Crippen LogP contribution in [0.1, 0.15) is 41.5 Å². The molecule has 2 heteroatoms. The van der Waals surface area contributed by atoms with Crippen LogP contribution >= 0.6 is 0 Å². The number of nitrogens with zero attached hydrogens (tertiary/aromatic N) is 2. The van der Waals surface area contributed by atoms with Crippen LogP contribution in [-0.2, 0) is 0 Å². The van der Waals surface area contributed by atoms with Gasteiger partial charge in [0.2, 0.25) is 0 Å². The first-order valence-electron chi connectivity index (χ1n) is 5.95. The summed E-state index contributed by atoms with van der Waals surface area (Å²) in [5, 5.41) is 0. The summed E-state index contributed by atoms with van der Waals surface area (Å²) < 4.78 is 0. The standard InChI is InChI=1S/C12H26N2/c1-9(2)13-7-11(5)14(10(3)4)12(6)8-13/h9-12H,7-8H2,1-6H3/t11-,12-/m1/s1. The van der Waals surface area contributed by atoms with Gasteiger partial charge in [-0.25, -0.2) is 0 Å². The Morgan fingerprint density at radius 1 is 0.857 bits per heavy atom. The minimum Gasteiger partial charge on any atom is -0.298 e. The van der Waals surface area contributed by atoms with E-state index >= 15 is 0 Å². The van der Waals surface area contributed by atoms with E-state index in [1.165, 1.54) is 13.1 Å². The van der Waals surface area contributed by atoms with Gasteiger partial charge in [-0.2, -0.15) is 0 Å². The molecule has 0 aliphatic carbocycles. The van der Waals surface area contributed by atoms with Gasteiger partial charge in [-0.3, -0.25) is 9.80 Å². The highest BCUT2D eigenvalue weighted by atomic mass is 15.3. The monoisotopic (exact) mass is 198 g/mol. The Morgan fingerprint density at radius 2 is 1.29 bits per heavy atom. The molecule has 0 aromatic carbocycles. The fourth-order valence-electron chi connectivity index (χ4n) is 2.82. The first-order chi connectivity index (χ1) is 6.43. The maximum atomic E-state index is 2.64. The van der Waals surface area contributed by atoms with Crippen molar-refractivity contribution < 1.29 is 0 Å². The van der Waals surface area contributed by atoms with E-state index in [0.717, 1.165) is 0 Å². The Labute approximate surface area is 89.3 Å². The van der Waals surface area contributed by atoms with E-state index in [0.29, 0.717) is 24.2 Å². The van der Waals surface area contributed by atoms with Crippen molar-refractivity contribution in [1.82, 2.24) is 9.80 Å². The number of rotatable bonds is 2. The largest absolute Gasteiger partial charge is 0.298 e. The minimum absolute atomic E-state index is 0.675. The zero-order valence-corrected chi connectivity index (χ0v) is 10.6. The summed E-state index contributed by atoms with van der Waals surface area (Å²) in [6.07, 6.45) is 0. The molecule has 1 aliphatic heterocycles. The lowest BCUT2D eigenvalue weighted by Crippen LogP contribution is -2.60. The van der Waals surface area contributed by atoms with Gasteiger partial charge in [-0.1, -0.05) is 0 Å². The van der Waals surface area contributed by atoms with E-state index in [4.69, 9.17) is 0 Å². The Morgan fingerprint density at radius 3 is 1.57 bits per heavy atom. The normalized spacial score (nSPS) is 31.7. The van der Waals surface area contributed by atoms with Crippen LogP contribution in [0.4, 0.5) is 0 Å².